The molecule has 1 unspecified atom stereocenters. The Balaban J connectivity index is 1.38. The first kappa shape index (κ1) is 16.7. The van der Waals surface area contributed by atoms with Crippen LogP contribution in [-0.4, -0.2) is 17.4 Å². The molecule has 1 fully saturated rings. The molecule has 7 heteroatoms. The lowest BCUT2D eigenvalue weighted by Gasteiger charge is -2.11. The molecule has 26 heavy (non-hydrogen) atoms. The number of hydrazine groups is 1. The molecule has 1 amide bonds. The molecule has 0 saturated carbocycles. The normalized spacial score (nSPS) is 16.4. The van der Waals surface area contributed by atoms with Crippen LogP contribution < -0.4 is 20.9 Å². The summed E-state index contributed by atoms with van der Waals surface area (Å²) in [6.45, 7) is 0.964. The van der Waals surface area contributed by atoms with Crippen LogP contribution in [0.2, 0.25) is 0 Å². The van der Waals surface area contributed by atoms with Crippen LogP contribution in [0.4, 0.5) is 5.69 Å². The van der Waals surface area contributed by atoms with Crippen molar-refractivity contribution in [2.45, 2.75) is 12.5 Å². The van der Waals surface area contributed by atoms with Crippen molar-refractivity contribution in [3.63, 3.8) is 0 Å². The molecule has 1 saturated heterocycles. The number of nitrogens with one attached hydrogen (secondary N) is 3. The summed E-state index contributed by atoms with van der Waals surface area (Å²) in [5.41, 5.74) is 8.90. The molecule has 2 heterocycles. The number of amides is 1. The second kappa shape index (κ2) is 7.65. The maximum Gasteiger partial charge on any atom is 0.278 e. The smallest absolute Gasteiger partial charge is 0.278 e. The molecule has 4 rings (SSSR count). The number of carbonyl (C=O) groups is 1. The summed E-state index contributed by atoms with van der Waals surface area (Å²) in [5.74, 6) is 0.498. The number of rotatable bonds is 5. The van der Waals surface area contributed by atoms with Crippen LogP contribution in [0.3, 0.4) is 0 Å². The molecule has 3 aromatic rings. The SMILES string of the molecule is O=C(Nc1ccc(C2CCNN2)cc1)c1ccc(Oc2nccs2)cc1. The molecule has 2 aromatic carbocycles. The third kappa shape index (κ3) is 3.91. The van der Waals surface area contributed by atoms with Crippen LogP contribution in [0.25, 0.3) is 0 Å². The molecule has 0 aliphatic carbocycles. The summed E-state index contributed by atoms with van der Waals surface area (Å²) in [7, 11) is 0. The number of anilines is 1. The fourth-order valence-corrected chi connectivity index (χ4v) is 3.28. The molecule has 1 aliphatic heterocycles. The highest BCUT2D eigenvalue weighted by atomic mass is 32.1. The van der Waals surface area contributed by atoms with Gasteiger partial charge in [-0.05, 0) is 48.4 Å². The van der Waals surface area contributed by atoms with E-state index < -0.39 is 0 Å². The Morgan fingerprint density at radius 3 is 2.62 bits per heavy atom. The predicted octanol–water partition coefficient (Wildman–Crippen LogP) is 3.73. The van der Waals surface area contributed by atoms with Gasteiger partial charge in [-0.3, -0.25) is 15.6 Å². The lowest BCUT2D eigenvalue weighted by Crippen LogP contribution is -2.24. The van der Waals surface area contributed by atoms with Gasteiger partial charge in [0.15, 0.2) is 0 Å². The number of hydrogen-bond donors (Lipinski definition) is 3. The standard InChI is InChI=1S/C19H18N4O2S/c24-18(14-3-7-16(8-4-14)25-19-20-11-12-26-19)22-15-5-1-13(2-6-15)17-9-10-21-23-17/h1-8,11-12,17,21,23H,9-10H2,(H,22,24). The molecule has 1 atom stereocenters. The maximum atomic E-state index is 12.4. The van der Waals surface area contributed by atoms with Crippen LogP contribution in [0.1, 0.15) is 28.4 Å². The lowest BCUT2D eigenvalue weighted by atomic mass is 10.1. The highest BCUT2D eigenvalue weighted by Gasteiger charge is 2.15. The van der Waals surface area contributed by atoms with Gasteiger partial charge in [-0.1, -0.05) is 23.5 Å². The van der Waals surface area contributed by atoms with E-state index in [2.05, 4.69) is 21.2 Å². The van der Waals surface area contributed by atoms with E-state index in [1.807, 2.05) is 29.6 Å². The number of carbonyl (C=O) groups excluding carboxylic acids is 1. The zero-order chi connectivity index (χ0) is 17.8. The second-order valence-electron chi connectivity index (χ2n) is 5.91. The van der Waals surface area contributed by atoms with E-state index in [0.717, 1.165) is 18.7 Å². The lowest BCUT2D eigenvalue weighted by molar-refractivity contribution is 0.102. The minimum absolute atomic E-state index is 0.154. The van der Waals surface area contributed by atoms with Crippen molar-refractivity contribution in [3.05, 3.63) is 71.2 Å². The Morgan fingerprint density at radius 2 is 1.96 bits per heavy atom. The summed E-state index contributed by atoms with van der Waals surface area (Å²) < 4.78 is 5.60. The number of thiazole rings is 1. The van der Waals surface area contributed by atoms with Crippen LogP contribution in [0, 0.1) is 0 Å². The van der Waals surface area contributed by atoms with E-state index >= 15 is 0 Å². The van der Waals surface area contributed by atoms with E-state index in [1.165, 1.54) is 16.9 Å². The zero-order valence-electron chi connectivity index (χ0n) is 13.9. The Kier molecular flexibility index (Phi) is 4.92. The average Bonchev–Trinajstić information content (AvgIpc) is 3.37. The molecule has 1 aliphatic rings. The highest BCUT2D eigenvalue weighted by Crippen LogP contribution is 2.24. The van der Waals surface area contributed by atoms with Gasteiger partial charge in [0.05, 0.1) is 0 Å². The van der Waals surface area contributed by atoms with Gasteiger partial charge in [-0.15, -0.1) is 0 Å². The topological polar surface area (TPSA) is 75.3 Å². The first-order valence-electron chi connectivity index (χ1n) is 8.35. The number of ether oxygens (including phenoxy) is 1. The van der Waals surface area contributed by atoms with Gasteiger partial charge in [0.2, 0.25) is 0 Å². The van der Waals surface area contributed by atoms with Crippen LogP contribution in [0.15, 0.2) is 60.1 Å². The third-order valence-electron chi connectivity index (χ3n) is 4.14. The van der Waals surface area contributed by atoms with Gasteiger partial charge in [0, 0.05) is 35.4 Å². The van der Waals surface area contributed by atoms with E-state index in [1.54, 1.807) is 30.5 Å². The fourth-order valence-electron chi connectivity index (χ4n) is 2.77. The van der Waals surface area contributed by atoms with Crippen molar-refractivity contribution in [2.24, 2.45) is 0 Å². The number of aromatic nitrogens is 1. The minimum atomic E-state index is -0.154. The number of nitrogens with zero attached hydrogens (tertiary/aromatic N) is 1. The molecule has 6 nitrogen and oxygen atoms in total. The Labute approximate surface area is 155 Å². The van der Waals surface area contributed by atoms with Crippen molar-refractivity contribution in [1.82, 2.24) is 15.8 Å². The van der Waals surface area contributed by atoms with Gasteiger partial charge < -0.3 is 10.1 Å². The monoisotopic (exact) mass is 366 g/mol. The molecule has 0 radical (unpaired) electrons. The van der Waals surface area contributed by atoms with Crippen molar-refractivity contribution in [1.29, 1.82) is 0 Å². The molecule has 3 N–H and O–H groups in total. The van der Waals surface area contributed by atoms with Crippen molar-refractivity contribution in [3.8, 4) is 10.9 Å². The second-order valence-corrected chi connectivity index (χ2v) is 6.77. The Hall–Kier alpha value is -2.74. The summed E-state index contributed by atoms with van der Waals surface area (Å²) in [6.07, 6.45) is 2.74. The quantitative estimate of drug-likeness (QED) is 0.642. The highest BCUT2D eigenvalue weighted by molar-refractivity contribution is 7.11. The van der Waals surface area contributed by atoms with Crippen molar-refractivity contribution in [2.75, 3.05) is 11.9 Å². The Bertz CT molecular complexity index is 858. The molecular weight excluding hydrogens is 348 g/mol. The van der Waals surface area contributed by atoms with E-state index in [4.69, 9.17) is 4.74 Å². The molecule has 0 spiro atoms. The summed E-state index contributed by atoms with van der Waals surface area (Å²) in [5, 5.41) is 5.34. The molecule has 1 aromatic heterocycles. The first-order valence-corrected chi connectivity index (χ1v) is 9.23. The third-order valence-corrected chi connectivity index (χ3v) is 4.78. The summed E-state index contributed by atoms with van der Waals surface area (Å²) >= 11 is 1.42. The van der Waals surface area contributed by atoms with Crippen LogP contribution in [0.5, 0.6) is 10.9 Å². The van der Waals surface area contributed by atoms with E-state index in [0.29, 0.717) is 22.5 Å². The molecule has 132 valence electrons. The molecular formula is C19H18N4O2S. The van der Waals surface area contributed by atoms with Crippen LogP contribution >= 0.6 is 11.3 Å². The Morgan fingerprint density at radius 1 is 1.15 bits per heavy atom. The van der Waals surface area contributed by atoms with E-state index in [-0.39, 0.29) is 5.91 Å². The fraction of sp³-hybridized carbons (Fsp3) is 0.158. The molecule has 0 bridgehead atoms. The largest absolute Gasteiger partial charge is 0.431 e. The van der Waals surface area contributed by atoms with Crippen molar-refractivity contribution >= 4 is 22.9 Å². The zero-order valence-corrected chi connectivity index (χ0v) is 14.8. The van der Waals surface area contributed by atoms with Crippen molar-refractivity contribution < 1.29 is 9.53 Å². The predicted molar refractivity (Wildman–Crippen MR) is 102 cm³/mol. The van der Waals surface area contributed by atoms with Gasteiger partial charge in [0.1, 0.15) is 5.75 Å². The van der Waals surface area contributed by atoms with Gasteiger partial charge in [0.25, 0.3) is 11.1 Å². The number of benzene rings is 2. The maximum absolute atomic E-state index is 12.4. The van der Waals surface area contributed by atoms with Gasteiger partial charge in [-0.2, -0.15) is 0 Å². The van der Waals surface area contributed by atoms with Gasteiger partial charge in [-0.25, -0.2) is 4.98 Å². The average molecular weight is 366 g/mol. The van der Waals surface area contributed by atoms with Crippen LogP contribution in [-0.2, 0) is 0 Å². The minimum Gasteiger partial charge on any atom is -0.431 e. The summed E-state index contributed by atoms with van der Waals surface area (Å²) in [6, 6.07) is 15.2. The van der Waals surface area contributed by atoms with E-state index in [9.17, 15) is 4.79 Å². The summed E-state index contributed by atoms with van der Waals surface area (Å²) in [4.78, 5) is 16.5. The first-order chi connectivity index (χ1) is 12.8. The number of hydrogen-bond acceptors (Lipinski definition) is 6. The van der Waals surface area contributed by atoms with Gasteiger partial charge >= 0.3 is 0 Å².